The Bertz CT molecular complexity index is 1000. The second-order valence-electron chi connectivity index (χ2n) is 5.52. The lowest BCUT2D eigenvalue weighted by atomic mass is 10.1. The SMILES string of the molecule is COC(=O)C/C(=N/Nc1nc(=O)cc(-c2ccccc2)s1)c1ccccc1. The van der Waals surface area contributed by atoms with Crippen LogP contribution >= 0.6 is 11.3 Å². The minimum Gasteiger partial charge on any atom is -0.469 e. The maximum Gasteiger partial charge on any atom is 0.311 e. The van der Waals surface area contributed by atoms with Gasteiger partial charge in [0.15, 0.2) is 0 Å². The zero-order chi connectivity index (χ0) is 19.1. The molecule has 0 aliphatic carbocycles. The van der Waals surface area contributed by atoms with Crippen LogP contribution in [0.1, 0.15) is 12.0 Å². The van der Waals surface area contributed by atoms with Gasteiger partial charge in [0, 0.05) is 10.9 Å². The van der Waals surface area contributed by atoms with E-state index in [-0.39, 0.29) is 12.0 Å². The summed E-state index contributed by atoms with van der Waals surface area (Å²) in [4.78, 5) is 28.4. The van der Waals surface area contributed by atoms with Crippen molar-refractivity contribution >= 4 is 28.1 Å². The van der Waals surface area contributed by atoms with E-state index >= 15 is 0 Å². The first kappa shape index (κ1) is 18.5. The minimum absolute atomic E-state index is 0.000782. The molecule has 0 atom stereocenters. The molecule has 3 rings (SSSR count). The third-order valence-electron chi connectivity index (χ3n) is 3.66. The third kappa shape index (κ3) is 5.08. The van der Waals surface area contributed by atoms with E-state index in [1.807, 2.05) is 60.7 Å². The molecule has 1 heterocycles. The average molecular weight is 379 g/mol. The Kier molecular flexibility index (Phi) is 6.06. The van der Waals surface area contributed by atoms with Crippen molar-refractivity contribution in [3.05, 3.63) is 82.6 Å². The summed E-state index contributed by atoms with van der Waals surface area (Å²) >= 11 is 1.31. The fraction of sp³-hybridized carbons (Fsp3) is 0.100. The van der Waals surface area contributed by atoms with Crippen LogP contribution in [0.25, 0.3) is 10.4 Å². The Balaban J connectivity index is 1.91. The van der Waals surface area contributed by atoms with Gasteiger partial charge in [0.25, 0.3) is 5.56 Å². The van der Waals surface area contributed by atoms with Crippen molar-refractivity contribution < 1.29 is 9.53 Å². The molecule has 3 aromatic rings. The first-order valence-corrected chi connectivity index (χ1v) is 9.00. The van der Waals surface area contributed by atoms with Crippen molar-refractivity contribution in [3.8, 4) is 10.4 Å². The van der Waals surface area contributed by atoms with Gasteiger partial charge < -0.3 is 4.74 Å². The van der Waals surface area contributed by atoms with Crippen LogP contribution in [0, 0.1) is 0 Å². The monoisotopic (exact) mass is 379 g/mol. The molecule has 1 N–H and O–H groups in total. The van der Waals surface area contributed by atoms with Gasteiger partial charge in [-0.15, -0.1) is 0 Å². The molecular formula is C20H17N3O3S. The van der Waals surface area contributed by atoms with Gasteiger partial charge in [-0.05, 0) is 11.1 Å². The Labute approximate surface area is 160 Å². The van der Waals surface area contributed by atoms with E-state index in [1.165, 1.54) is 24.5 Å². The predicted molar refractivity (Wildman–Crippen MR) is 107 cm³/mol. The number of aromatic nitrogens is 1. The number of hydrogen-bond donors (Lipinski definition) is 1. The topological polar surface area (TPSA) is 80.7 Å². The standard InChI is InChI=1S/C20H17N3O3S/c1-26-19(25)12-16(14-8-4-2-5-9-14)22-23-20-21-18(24)13-17(27-20)15-10-6-3-7-11-15/h2-11,13H,12H2,1H3,(H,21,23,24)/b22-16-. The number of methoxy groups -OCH3 is 1. The van der Waals surface area contributed by atoms with Crippen molar-refractivity contribution in [3.63, 3.8) is 0 Å². The van der Waals surface area contributed by atoms with E-state index in [9.17, 15) is 9.59 Å². The second kappa shape index (κ2) is 8.86. The summed E-state index contributed by atoms with van der Waals surface area (Å²) in [6, 6.07) is 20.3. The lowest BCUT2D eigenvalue weighted by Crippen LogP contribution is -2.13. The van der Waals surface area contributed by atoms with Gasteiger partial charge in [-0.25, -0.2) is 0 Å². The Morgan fingerprint density at radius 3 is 2.44 bits per heavy atom. The average Bonchev–Trinajstić information content (AvgIpc) is 2.71. The molecule has 0 fully saturated rings. The van der Waals surface area contributed by atoms with E-state index in [2.05, 4.69) is 15.5 Å². The quantitative estimate of drug-likeness (QED) is 0.402. The van der Waals surface area contributed by atoms with Crippen molar-refractivity contribution in [1.29, 1.82) is 0 Å². The van der Waals surface area contributed by atoms with E-state index in [4.69, 9.17) is 4.74 Å². The lowest BCUT2D eigenvalue weighted by molar-refractivity contribution is -0.139. The van der Waals surface area contributed by atoms with Gasteiger partial charge in [0.05, 0.1) is 19.2 Å². The summed E-state index contributed by atoms with van der Waals surface area (Å²) in [6.07, 6.45) is 0.000782. The number of esters is 1. The van der Waals surface area contributed by atoms with Gasteiger partial charge in [-0.3, -0.25) is 15.0 Å². The van der Waals surface area contributed by atoms with Gasteiger partial charge in [-0.1, -0.05) is 72.0 Å². The highest BCUT2D eigenvalue weighted by atomic mass is 32.1. The van der Waals surface area contributed by atoms with Gasteiger partial charge in [0.1, 0.15) is 0 Å². The molecule has 0 bridgehead atoms. The smallest absolute Gasteiger partial charge is 0.311 e. The number of rotatable bonds is 6. The summed E-state index contributed by atoms with van der Waals surface area (Å²) in [5.41, 5.74) is 4.65. The normalized spacial score (nSPS) is 11.1. The number of carbonyl (C=O) groups is 1. The van der Waals surface area contributed by atoms with E-state index in [1.54, 1.807) is 0 Å². The maximum atomic E-state index is 12.0. The molecule has 136 valence electrons. The molecule has 6 nitrogen and oxygen atoms in total. The number of benzene rings is 2. The number of carbonyl (C=O) groups excluding carboxylic acids is 1. The van der Waals surface area contributed by atoms with Crippen LogP contribution in [0.3, 0.4) is 0 Å². The molecular weight excluding hydrogens is 362 g/mol. The summed E-state index contributed by atoms with van der Waals surface area (Å²) in [5, 5.41) is 4.65. The van der Waals surface area contributed by atoms with Crippen molar-refractivity contribution in [2.24, 2.45) is 5.10 Å². The molecule has 0 saturated heterocycles. The van der Waals surface area contributed by atoms with E-state index in [0.29, 0.717) is 10.8 Å². The molecule has 0 radical (unpaired) electrons. The number of hydrazone groups is 1. The molecule has 0 aliphatic heterocycles. The van der Waals surface area contributed by atoms with Crippen molar-refractivity contribution in [2.75, 3.05) is 12.5 Å². The molecule has 7 heteroatoms. The van der Waals surface area contributed by atoms with Crippen LogP contribution in [0.2, 0.25) is 0 Å². The minimum atomic E-state index is -0.404. The number of anilines is 1. The number of hydrogen-bond acceptors (Lipinski definition) is 7. The summed E-state index contributed by atoms with van der Waals surface area (Å²) in [7, 11) is 1.33. The fourth-order valence-electron chi connectivity index (χ4n) is 2.35. The first-order valence-electron chi connectivity index (χ1n) is 8.18. The maximum absolute atomic E-state index is 12.0. The van der Waals surface area contributed by atoms with Crippen LogP contribution in [-0.4, -0.2) is 23.8 Å². The zero-order valence-corrected chi connectivity index (χ0v) is 15.4. The molecule has 27 heavy (non-hydrogen) atoms. The molecule has 0 saturated carbocycles. The fourth-order valence-corrected chi connectivity index (χ4v) is 3.20. The highest BCUT2D eigenvalue weighted by Crippen LogP contribution is 2.25. The van der Waals surface area contributed by atoms with E-state index < -0.39 is 5.97 Å². The molecule has 0 aliphatic rings. The number of ether oxygens (including phenoxy) is 1. The first-order chi connectivity index (χ1) is 13.2. The Hall–Kier alpha value is -3.32. The van der Waals surface area contributed by atoms with Crippen molar-refractivity contribution in [1.82, 2.24) is 4.98 Å². The van der Waals surface area contributed by atoms with Gasteiger partial charge >= 0.3 is 5.97 Å². The van der Waals surface area contributed by atoms with Crippen LogP contribution in [-0.2, 0) is 9.53 Å². The molecule has 0 unspecified atom stereocenters. The Morgan fingerprint density at radius 1 is 1.11 bits per heavy atom. The van der Waals surface area contributed by atoms with Crippen LogP contribution in [0.5, 0.6) is 0 Å². The van der Waals surface area contributed by atoms with Gasteiger partial charge in [-0.2, -0.15) is 10.1 Å². The van der Waals surface area contributed by atoms with Crippen molar-refractivity contribution in [2.45, 2.75) is 6.42 Å². The lowest BCUT2D eigenvalue weighted by Gasteiger charge is -2.07. The molecule has 0 spiro atoms. The largest absolute Gasteiger partial charge is 0.469 e. The summed E-state index contributed by atoms with van der Waals surface area (Å²) < 4.78 is 4.74. The van der Waals surface area contributed by atoms with Crippen LogP contribution < -0.4 is 11.0 Å². The second-order valence-corrected chi connectivity index (χ2v) is 6.55. The third-order valence-corrected chi connectivity index (χ3v) is 4.61. The highest BCUT2D eigenvalue weighted by molar-refractivity contribution is 7.18. The summed E-state index contributed by atoms with van der Waals surface area (Å²) in [5.74, 6) is -0.404. The number of nitrogens with one attached hydrogen (secondary N) is 1. The molecule has 0 amide bonds. The molecule has 1 aromatic heterocycles. The highest BCUT2D eigenvalue weighted by Gasteiger charge is 2.11. The van der Waals surface area contributed by atoms with Crippen LogP contribution in [0.4, 0.5) is 5.13 Å². The molecule has 2 aromatic carbocycles. The van der Waals surface area contributed by atoms with Gasteiger partial charge in [0.2, 0.25) is 5.13 Å². The van der Waals surface area contributed by atoms with E-state index in [0.717, 1.165) is 16.0 Å². The predicted octanol–water partition coefficient (Wildman–Crippen LogP) is 3.55. The Morgan fingerprint density at radius 2 is 1.78 bits per heavy atom. The zero-order valence-electron chi connectivity index (χ0n) is 14.6. The number of nitrogens with zero attached hydrogens (tertiary/aromatic N) is 2. The summed E-state index contributed by atoms with van der Waals surface area (Å²) in [6.45, 7) is 0. The van der Waals surface area contributed by atoms with Crippen LogP contribution in [0.15, 0.2) is 76.6 Å².